The minimum atomic E-state index is -0.849. The first kappa shape index (κ1) is 25.8. The van der Waals surface area contributed by atoms with Gasteiger partial charge in [0.15, 0.2) is 0 Å². The van der Waals surface area contributed by atoms with E-state index in [4.69, 9.17) is 21.1 Å². The fourth-order valence-corrected chi connectivity index (χ4v) is 4.34. The third-order valence-corrected chi connectivity index (χ3v) is 6.37. The normalized spacial score (nSPS) is 17.1. The average molecular weight is 500 g/mol. The Bertz CT molecular complexity index is 1170. The number of benzene rings is 2. The number of hydrogen-bond donors (Lipinski definition) is 3. The first-order valence-electron chi connectivity index (χ1n) is 11.0. The molecule has 3 rings (SSSR count). The van der Waals surface area contributed by atoms with Gasteiger partial charge in [0.05, 0.1) is 42.0 Å². The van der Waals surface area contributed by atoms with E-state index in [9.17, 15) is 24.8 Å². The van der Waals surface area contributed by atoms with Gasteiger partial charge in [0.2, 0.25) is 5.91 Å². The van der Waals surface area contributed by atoms with E-state index < -0.39 is 17.8 Å². The molecule has 0 saturated heterocycles. The molecule has 10 heteroatoms. The van der Waals surface area contributed by atoms with Crippen molar-refractivity contribution < 1.29 is 29.0 Å². The summed E-state index contributed by atoms with van der Waals surface area (Å²) in [6, 6.07) is 9.92. The number of rotatable bonds is 8. The van der Waals surface area contributed by atoms with Crippen molar-refractivity contribution in [3.63, 3.8) is 0 Å². The van der Waals surface area contributed by atoms with Gasteiger partial charge in [-0.1, -0.05) is 17.7 Å². The summed E-state index contributed by atoms with van der Waals surface area (Å²) in [6.45, 7) is 0.156. The number of nitrogens with zero attached hydrogens (tertiary/aromatic N) is 1. The van der Waals surface area contributed by atoms with Crippen molar-refractivity contribution in [2.45, 2.75) is 32.2 Å². The molecule has 0 heterocycles. The summed E-state index contributed by atoms with van der Waals surface area (Å²) >= 11 is 6.15. The van der Waals surface area contributed by atoms with Gasteiger partial charge in [-0.2, -0.15) is 5.26 Å². The highest BCUT2D eigenvalue weighted by Gasteiger charge is 2.30. The smallest absolute Gasteiger partial charge is 0.306 e. The molecule has 9 nitrogen and oxygen atoms in total. The molecule has 0 aromatic heterocycles. The van der Waals surface area contributed by atoms with E-state index in [1.54, 1.807) is 18.2 Å². The summed E-state index contributed by atoms with van der Waals surface area (Å²) in [5, 5.41) is 24.6. The van der Waals surface area contributed by atoms with Crippen molar-refractivity contribution in [1.82, 2.24) is 5.32 Å². The molecule has 2 amide bonds. The number of ether oxygens (including phenoxy) is 2. The standard InChI is InChI=1S/C25H26ClN3O6/c1-34-21-8-3-14(9-19(21)26)13-28-24(31)18-10-17(12-27)22(35-2)11-20(18)29-23(30)15-4-6-16(7-5-15)25(32)33/h3,8-11,15-16H,4-7,13H2,1-2H3,(H,28,31)(H,29,30)(H,32,33). The van der Waals surface area contributed by atoms with Crippen molar-refractivity contribution >= 4 is 35.1 Å². The van der Waals surface area contributed by atoms with E-state index in [-0.39, 0.29) is 40.9 Å². The van der Waals surface area contributed by atoms with Crippen LogP contribution in [0.15, 0.2) is 30.3 Å². The number of carboxylic acids is 1. The third kappa shape index (κ3) is 6.22. The maximum absolute atomic E-state index is 13.1. The van der Waals surface area contributed by atoms with Gasteiger partial charge in [0.25, 0.3) is 5.91 Å². The number of halogens is 1. The predicted molar refractivity (Wildman–Crippen MR) is 129 cm³/mol. The Morgan fingerprint density at radius 3 is 2.29 bits per heavy atom. The van der Waals surface area contributed by atoms with Crippen LogP contribution in [0.2, 0.25) is 5.02 Å². The minimum absolute atomic E-state index is 0.106. The number of nitriles is 1. The summed E-state index contributed by atoms with van der Waals surface area (Å²) in [5.41, 5.74) is 1.19. The van der Waals surface area contributed by atoms with Gasteiger partial charge in [0, 0.05) is 18.5 Å². The summed E-state index contributed by atoms with van der Waals surface area (Å²) < 4.78 is 10.4. The number of carboxylic acid groups (broad SMARTS) is 1. The van der Waals surface area contributed by atoms with Crippen LogP contribution in [0.5, 0.6) is 11.5 Å². The largest absolute Gasteiger partial charge is 0.495 e. The Morgan fingerprint density at radius 2 is 1.71 bits per heavy atom. The first-order valence-corrected chi connectivity index (χ1v) is 11.4. The molecule has 184 valence electrons. The second-order valence-corrected chi connectivity index (χ2v) is 8.64. The van der Waals surface area contributed by atoms with Crippen LogP contribution in [0.25, 0.3) is 0 Å². The molecule has 0 radical (unpaired) electrons. The van der Waals surface area contributed by atoms with Crippen LogP contribution in [0.1, 0.15) is 47.2 Å². The van der Waals surface area contributed by atoms with E-state index >= 15 is 0 Å². The van der Waals surface area contributed by atoms with E-state index in [1.165, 1.54) is 26.4 Å². The number of methoxy groups -OCH3 is 2. The van der Waals surface area contributed by atoms with Crippen LogP contribution in [-0.4, -0.2) is 37.1 Å². The average Bonchev–Trinajstić information content (AvgIpc) is 2.87. The highest BCUT2D eigenvalue weighted by atomic mass is 35.5. The number of aliphatic carboxylic acids is 1. The van der Waals surface area contributed by atoms with Gasteiger partial charge >= 0.3 is 5.97 Å². The second kappa shape index (κ2) is 11.6. The zero-order chi connectivity index (χ0) is 25.5. The van der Waals surface area contributed by atoms with E-state index in [2.05, 4.69) is 10.6 Å². The summed E-state index contributed by atoms with van der Waals surface area (Å²) in [6.07, 6.45) is 1.72. The minimum Gasteiger partial charge on any atom is -0.495 e. The number of anilines is 1. The fraction of sp³-hybridized carbons (Fsp3) is 0.360. The van der Waals surface area contributed by atoms with Gasteiger partial charge in [-0.25, -0.2) is 0 Å². The van der Waals surface area contributed by atoms with Crippen LogP contribution in [0.3, 0.4) is 0 Å². The lowest BCUT2D eigenvalue weighted by molar-refractivity contribution is -0.143. The molecule has 1 aliphatic carbocycles. The number of hydrogen-bond acceptors (Lipinski definition) is 6. The number of amides is 2. The van der Waals surface area contributed by atoms with Crippen LogP contribution >= 0.6 is 11.6 Å². The first-order chi connectivity index (χ1) is 16.8. The predicted octanol–water partition coefficient (Wildman–Crippen LogP) is 3.99. The lowest BCUT2D eigenvalue weighted by Crippen LogP contribution is -2.31. The molecule has 2 aromatic carbocycles. The molecule has 1 saturated carbocycles. The lowest BCUT2D eigenvalue weighted by atomic mass is 9.81. The van der Waals surface area contributed by atoms with Crippen LogP contribution < -0.4 is 20.1 Å². The maximum atomic E-state index is 13.1. The molecule has 0 atom stereocenters. The molecular formula is C25H26ClN3O6. The summed E-state index contributed by atoms with van der Waals surface area (Å²) in [5.74, 6) is -1.74. The molecule has 0 spiro atoms. The summed E-state index contributed by atoms with van der Waals surface area (Å²) in [7, 11) is 2.90. The third-order valence-electron chi connectivity index (χ3n) is 6.08. The molecule has 0 unspecified atom stereocenters. The quantitative estimate of drug-likeness (QED) is 0.499. The molecule has 1 fully saturated rings. The topological polar surface area (TPSA) is 138 Å². The molecule has 3 N–H and O–H groups in total. The van der Waals surface area contributed by atoms with E-state index in [0.29, 0.717) is 36.5 Å². The fourth-order valence-electron chi connectivity index (χ4n) is 4.06. The van der Waals surface area contributed by atoms with Gasteiger partial charge in [-0.15, -0.1) is 0 Å². The molecule has 0 aliphatic heterocycles. The van der Waals surface area contributed by atoms with Crippen molar-refractivity contribution in [3.8, 4) is 17.6 Å². The van der Waals surface area contributed by atoms with E-state index in [1.807, 2.05) is 6.07 Å². The van der Waals surface area contributed by atoms with Gasteiger partial charge in [-0.3, -0.25) is 14.4 Å². The Labute approximate surface area is 208 Å². The molecule has 35 heavy (non-hydrogen) atoms. The molecule has 1 aliphatic rings. The van der Waals surface area contributed by atoms with Crippen molar-refractivity contribution in [1.29, 1.82) is 5.26 Å². The SMILES string of the molecule is COc1ccc(CNC(=O)c2cc(C#N)c(OC)cc2NC(=O)C2CCC(C(=O)O)CC2)cc1Cl. The van der Waals surface area contributed by atoms with Crippen molar-refractivity contribution in [2.24, 2.45) is 11.8 Å². The maximum Gasteiger partial charge on any atom is 0.306 e. The molecule has 2 aromatic rings. The van der Waals surface area contributed by atoms with E-state index in [0.717, 1.165) is 5.56 Å². The monoisotopic (exact) mass is 499 g/mol. The Hall–Kier alpha value is -3.77. The Kier molecular flexibility index (Phi) is 8.55. The van der Waals surface area contributed by atoms with Crippen LogP contribution in [-0.2, 0) is 16.1 Å². The van der Waals surface area contributed by atoms with Gasteiger partial charge in [0.1, 0.15) is 17.6 Å². The Balaban J connectivity index is 1.79. The number of carbonyl (C=O) groups excluding carboxylic acids is 2. The van der Waals surface area contributed by atoms with Gasteiger partial charge < -0.3 is 25.2 Å². The van der Waals surface area contributed by atoms with Crippen LogP contribution in [0.4, 0.5) is 5.69 Å². The zero-order valence-electron chi connectivity index (χ0n) is 19.4. The van der Waals surface area contributed by atoms with Crippen LogP contribution in [0, 0.1) is 23.2 Å². The van der Waals surface area contributed by atoms with Crippen molar-refractivity contribution in [3.05, 3.63) is 52.0 Å². The highest BCUT2D eigenvalue weighted by Crippen LogP contribution is 2.32. The molecule has 0 bridgehead atoms. The molecular weight excluding hydrogens is 474 g/mol. The summed E-state index contributed by atoms with van der Waals surface area (Å²) in [4.78, 5) is 37.2. The Morgan fingerprint density at radius 1 is 1.06 bits per heavy atom. The highest BCUT2D eigenvalue weighted by molar-refractivity contribution is 6.32. The lowest BCUT2D eigenvalue weighted by Gasteiger charge is -2.25. The second-order valence-electron chi connectivity index (χ2n) is 8.24. The van der Waals surface area contributed by atoms with Gasteiger partial charge in [-0.05, 0) is 49.4 Å². The zero-order valence-corrected chi connectivity index (χ0v) is 20.1. The number of carbonyl (C=O) groups is 3. The van der Waals surface area contributed by atoms with Crippen molar-refractivity contribution in [2.75, 3.05) is 19.5 Å². The number of nitrogens with one attached hydrogen (secondary N) is 2.